The topological polar surface area (TPSA) is 32.3 Å². The zero-order valence-corrected chi connectivity index (χ0v) is 13.2. The molecule has 0 aromatic rings. The molecule has 3 nitrogen and oxygen atoms in total. The second kappa shape index (κ2) is 8.11. The molecule has 0 aromatic carbocycles. The molecule has 0 spiro atoms. The van der Waals surface area contributed by atoms with Gasteiger partial charge in [0, 0.05) is 19.0 Å². The Labute approximate surface area is 123 Å². The quantitative estimate of drug-likeness (QED) is 0.863. The molecule has 2 fully saturated rings. The second-order valence-electron chi connectivity index (χ2n) is 6.06. The summed E-state index contributed by atoms with van der Waals surface area (Å²) in [6.07, 6.45) is 6.78. The normalized spacial score (nSPS) is 26.0. The van der Waals surface area contributed by atoms with Crippen LogP contribution in [0.5, 0.6) is 0 Å². The third-order valence-corrected chi connectivity index (χ3v) is 4.85. The first-order chi connectivity index (χ1) is 8.72. The van der Waals surface area contributed by atoms with Crippen molar-refractivity contribution in [2.75, 3.05) is 19.6 Å². The molecule has 4 heteroatoms. The van der Waals surface area contributed by atoms with Crippen molar-refractivity contribution in [1.82, 2.24) is 10.2 Å². The summed E-state index contributed by atoms with van der Waals surface area (Å²) < 4.78 is 0. The molecule has 2 atom stereocenters. The molecule has 19 heavy (non-hydrogen) atoms. The lowest BCUT2D eigenvalue weighted by Gasteiger charge is -2.30. The van der Waals surface area contributed by atoms with Crippen molar-refractivity contribution >= 4 is 18.3 Å². The maximum atomic E-state index is 12.4. The van der Waals surface area contributed by atoms with Crippen molar-refractivity contribution in [2.45, 2.75) is 58.4 Å². The minimum absolute atomic E-state index is 0. The lowest BCUT2D eigenvalue weighted by atomic mass is 9.84. The molecule has 2 unspecified atom stereocenters. The van der Waals surface area contributed by atoms with E-state index in [1.54, 1.807) is 0 Å². The minimum Gasteiger partial charge on any atom is -0.340 e. The average Bonchev–Trinajstić information content (AvgIpc) is 2.88. The van der Waals surface area contributed by atoms with Crippen LogP contribution in [0.4, 0.5) is 0 Å². The van der Waals surface area contributed by atoms with Crippen LogP contribution in [0.2, 0.25) is 0 Å². The highest BCUT2D eigenvalue weighted by molar-refractivity contribution is 5.85. The Morgan fingerprint density at radius 2 is 2.00 bits per heavy atom. The van der Waals surface area contributed by atoms with Gasteiger partial charge in [-0.25, -0.2) is 0 Å². The van der Waals surface area contributed by atoms with Gasteiger partial charge in [-0.15, -0.1) is 12.4 Å². The summed E-state index contributed by atoms with van der Waals surface area (Å²) in [6.45, 7) is 7.72. The van der Waals surface area contributed by atoms with Gasteiger partial charge in [-0.05, 0) is 57.0 Å². The highest BCUT2D eigenvalue weighted by Gasteiger charge is 2.29. The van der Waals surface area contributed by atoms with Crippen LogP contribution in [-0.2, 0) is 4.79 Å². The molecular formula is C15H29ClN2O. The SMILES string of the molecule is CCC1CCCN1C(=O)CC(C)C1CCNCC1.Cl. The van der Waals surface area contributed by atoms with Crippen LogP contribution >= 0.6 is 12.4 Å². The van der Waals surface area contributed by atoms with E-state index in [4.69, 9.17) is 0 Å². The fourth-order valence-corrected chi connectivity index (χ4v) is 3.56. The molecule has 2 rings (SSSR count). The Morgan fingerprint density at radius 1 is 1.32 bits per heavy atom. The zero-order chi connectivity index (χ0) is 13.0. The summed E-state index contributed by atoms with van der Waals surface area (Å²) in [7, 11) is 0. The molecule has 1 N–H and O–H groups in total. The van der Waals surface area contributed by atoms with Gasteiger partial charge in [-0.1, -0.05) is 13.8 Å². The summed E-state index contributed by atoms with van der Waals surface area (Å²) in [5.41, 5.74) is 0. The first-order valence-corrected chi connectivity index (χ1v) is 7.72. The first-order valence-electron chi connectivity index (χ1n) is 7.72. The average molecular weight is 289 g/mol. The minimum atomic E-state index is 0. The van der Waals surface area contributed by atoms with Crippen molar-refractivity contribution in [1.29, 1.82) is 0 Å². The molecular weight excluding hydrogens is 260 g/mol. The van der Waals surface area contributed by atoms with Gasteiger partial charge in [0.1, 0.15) is 0 Å². The summed E-state index contributed by atoms with van der Waals surface area (Å²) in [6, 6.07) is 0.526. The number of nitrogens with zero attached hydrogens (tertiary/aromatic N) is 1. The van der Waals surface area contributed by atoms with Crippen molar-refractivity contribution < 1.29 is 4.79 Å². The predicted molar refractivity (Wildman–Crippen MR) is 81.6 cm³/mol. The van der Waals surface area contributed by atoms with E-state index >= 15 is 0 Å². The third kappa shape index (κ3) is 4.35. The smallest absolute Gasteiger partial charge is 0.223 e. The van der Waals surface area contributed by atoms with E-state index in [1.165, 1.54) is 25.7 Å². The number of carbonyl (C=O) groups excluding carboxylic acids is 1. The molecule has 0 aliphatic carbocycles. The molecule has 0 saturated carbocycles. The highest BCUT2D eigenvalue weighted by Crippen LogP contribution is 2.27. The molecule has 0 aromatic heterocycles. The van der Waals surface area contributed by atoms with Gasteiger partial charge in [-0.3, -0.25) is 4.79 Å². The number of rotatable bonds is 4. The predicted octanol–water partition coefficient (Wildman–Crippen LogP) is 2.84. The van der Waals surface area contributed by atoms with E-state index in [0.717, 1.165) is 38.4 Å². The largest absolute Gasteiger partial charge is 0.340 e. The van der Waals surface area contributed by atoms with Crippen molar-refractivity contribution in [3.05, 3.63) is 0 Å². The summed E-state index contributed by atoms with van der Waals surface area (Å²) in [5.74, 6) is 1.71. The van der Waals surface area contributed by atoms with Gasteiger partial charge < -0.3 is 10.2 Å². The Hall–Kier alpha value is -0.280. The fourth-order valence-electron chi connectivity index (χ4n) is 3.56. The molecule has 2 aliphatic rings. The number of hydrogen-bond acceptors (Lipinski definition) is 2. The zero-order valence-electron chi connectivity index (χ0n) is 12.4. The Bertz CT molecular complexity index is 279. The van der Waals surface area contributed by atoms with Gasteiger partial charge in [0.15, 0.2) is 0 Å². The lowest BCUT2D eigenvalue weighted by Crippen LogP contribution is -2.38. The number of carbonyl (C=O) groups is 1. The maximum Gasteiger partial charge on any atom is 0.223 e. The number of piperidine rings is 1. The summed E-state index contributed by atoms with van der Waals surface area (Å²) in [5, 5.41) is 3.40. The van der Waals surface area contributed by atoms with Crippen LogP contribution in [-0.4, -0.2) is 36.5 Å². The third-order valence-electron chi connectivity index (χ3n) is 4.85. The second-order valence-corrected chi connectivity index (χ2v) is 6.06. The van der Waals surface area contributed by atoms with Crippen molar-refractivity contribution in [2.24, 2.45) is 11.8 Å². The Morgan fingerprint density at radius 3 is 2.63 bits per heavy atom. The van der Waals surface area contributed by atoms with E-state index in [9.17, 15) is 4.79 Å². The van der Waals surface area contributed by atoms with Crippen LogP contribution < -0.4 is 5.32 Å². The summed E-state index contributed by atoms with van der Waals surface area (Å²) in [4.78, 5) is 14.5. The first kappa shape index (κ1) is 16.8. The fraction of sp³-hybridized carbons (Fsp3) is 0.933. The van der Waals surface area contributed by atoms with Gasteiger partial charge in [0.05, 0.1) is 0 Å². The van der Waals surface area contributed by atoms with Crippen LogP contribution in [0.25, 0.3) is 0 Å². The molecule has 0 bridgehead atoms. The number of halogens is 1. The van der Waals surface area contributed by atoms with Gasteiger partial charge in [-0.2, -0.15) is 0 Å². The molecule has 2 aliphatic heterocycles. The highest BCUT2D eigenvalue weighted by atomic mass is 35.5. The Balaban J connectivity index is 0.00000180. The van der Waals surface area contributed by atoms with E-state index < -0.39 is 0 Å². The van der Waals surface area contributed by atoms with Crippen LogP contribution in [0, 0.1) is 11.8 Å². The molecule has 2 heterocycles. The number of hydrogen-bond donors (Lipinski definition) is 1. The molecule has 2 saturated heterocycles. The Kier molecular flexibility index (Phi) is 7.16. The maximum absolute atomic E-state index is 12.4. The van der Waals surface area contributed by atoms with Gasteiger partial charge in [0.2, 0.25) is 5.91 Å². The number of nitrogens with one attached hydrogen (secondary N) is 1. The van der Waals surface area contributed by atoms with Crippen molar-refractivity contribution in [3.63, 3.8) is 0 Å². The molecule has 1 amide bonds. The standard InChI is InChI=1S/C15H28N2O.ClH/c1-3-14-5-4-10-17(14)15(18)11-12(2)13-6-8-16-9-7-13;/h12-14,16H,3-11H2,1-2H3;1H. The van der Waals surface area contributed by atoms with E-state index in [-0.39, 0.29) is 12.4 Å². The van der Waals surface area contributed by atoms with Crippen LogP contribution in [0.15, 0.2) is 0 Å². The van der Waals surface area contributed by atoms with Gasteiger partial charge >= 0.3 is 0 Å². The van der Waals surface area contributed by atoms with E-state index in [0.29, 0.717) is 17.9 Å². The van der Waals surface area contributed by atoms with E-state index in [1.807, 2.05) is 0 Å². The van der Waals surface area contributed by atoms with Gasteiger partial charge in [0.25, 0.3) is 0 Å². The van der Waals surface area contributed by atoms with Crippen LogP contribution in [0.3, 0.4) is 0 Å². The lowest BCUT2D eigenvalue weighted by molar-refractivity contribution is -0.133. The number of amides is 1. The van der Waals surface area contributed by atoms with Crippen LogP contribution in [0.1, 0.15) is 52.4 Å². The molecule has 112 valence electrons. The van der Waals surface area contributed by atoms with Crippen molar-refractivity contribution in [3.8, 4) is 0 Å². The monoisotopic (exact) mass is 288 g/mol. The summed E-state index contributed by atoms with van der Waals surface area (Å²) >= 11 is 0. The van der Waals surface area contributed by atoms with E-state index in [2.05, 4.69) is 24.1 Å². The number of likely N-dealkylation sites (tertiary alicyclic amines) is 1. The molecule has 0 radical (unpaired) electrons.